The summed E-state index contributed by atoms with van der Waals surface area (Å²) in [5.41, 5.74) is 6.12. The lowest BCUT2D eigenvalue weighted by molar-refractivity contribution is 0.625. The number of nitriles is 2. The highest BCUT2D eigenvalue weighted by Gasteiger charge is 2.24. The molecule has 0 amide bonds. The molecular weight excluding hydrogens is 406 g/mol. The Kier molecular flexibility index (Phi) is 10.8. The molecule has 0 saturated carbocycles. The van der Waals surface area contributed by atoms with Gasteiger partial charge < -0.3 is 0 Å². The van der Waals surface area contributed by atoms with E-state index in [4.69, 9.17) is 16.9 Å². The Hall–Kier alpha value is -3.38. The molecule has 0 saturated heterocycles. The summed E-state index contributed by atoms with van der Waals surface area (Å²) in [7, 11) is -1.50. The molecule has 0 heterocycles. The Labute approximate surface area is 185 Å². The van der Waals surface area contributed by atoms with Gasteiger partial charge in [0.15, 0.2) is 0 Å². The van der Waals surface area contributed by atoms with Gasteiger partial charge in [-0.1, -0.05) is 32.6 Å². The summed E-state index contributed by atoms with van der Waals surface area (Å²) in [5.74, 6) is 4.94. The van der Waals surface area contributed by atoms with Crippen molar-refractivity contribution in [3.8, 4) is 35.9 Å². The van der Waals surface area contributed by atoms with E-state index >= 15 is 0 Å². The normalized spacial score (nSPS) is 9.74. The second kappa shape index (κ2) is 13.0. The molecular formula is C26H26F2N2Si. The van der Waals surface area contributed by atoms with Crippen LogP contribution in [0.15, 0.2) is 36.4 Å². The Morgan fingerprint density at radius 3 is 1.68 bits per heavy atom. The van der Waals surface area contributed by atoms with E-state index in [0.29, 0.717) is 16.7 Å². The van der Waals surface area contributed by atoms with Crippen LogP contribution in [0.25, 0.3) is 0 Å². The van der Waals surface area contributed by atoms with E-state index in [1.807, 2.05) is 6.07 Å². The fourth-order valence-corrected chi connectivity index (χ4v) is 5.50. The quantitative estimate of drug-likeness (QED) is 0.419. The second-order valence-corrected chi connectivity index (χ2v) is 11.9. The molecule has 0 bridgehead atoms. The van der Waals surface area contributed by atoms with Crippen LogP contribution in [0.3, 0.4) is 0 Å². The predicted octanol–water partition coefficient (Wildman–Crippen LogP) is 6.16. The third kappa shape index (κ3) is 7.75. The molecule has 0 N–H and O–H groups in total. The minimum Gasteiger partial charge on any atom is -0.207 e. The summed E-state index contributed by atoms with van der Waals surface area (Å²) in [5, 5.41) is 17.2. The van der Waals surface area contributed by atoms with Crippen molar-refractivity contribution in [2.75, 3.05) is 0 Å². The molecule has 0 aromatic heterocycles. The van der Waals surface area contributed by atoms with E-state index in [1.165, 1.54) is 30.3 Å². The van der Waals surface area contributed by atoms with Gasteiger partial charge in [0.25, 0.3) is 0 Å². The summed E-state index contributed by atoms with van der Waals surface area (Å²) in [6, 6.07) is 16.0. The highest BCUT2D eigenvalue weighted by atomic mass is 28.3. The van der Waals surface area contributed by atoms with E-state index in [9.17, 15) is 8.78 Å². The molecule has 2 nitrogen and oxygen atoms in total. The lowest BCUT2D eigenvalue weighted by Gasteiger charge is -2.20. The van der Waals surface area contributed by atoms with Crippen LogP contribution in [0.1, 0.15) is 43.0 Å². The molecule has 0 fully saturated rings. The first kappa shape index (κ1) is 25.7. The molecule has 0 spiro atoms. The van der Waals surface area contributed by atoms with Crippen LogP contribution in [-0.2, 0) is 12.8 Å². The Balaban J connectivity index is 0.000000343. The molecule has 2 rings (SSSR count). The van der Waals surface area contributed by atoms with Gasteiger partial charge in [-0.15, -0.1) is 12.0 Å². The predicted molar refractivity (Wildman–Crippen MR) is 123 cm³/mol. The lowest BCUT2D eigenvalue weighted by atomic mass is 10.1. The first-order chi connectivity index (χ1) is 14.9. The van der Waals surface area contributed by atoms with Crippen LogP contribution >= 0.6 is 0 Å². The minimum atomic E-state index is -1.50. The minimum absolute atomic E-state index is 0.150. The molecule has 2 aromatic carbocycles. The average Bonchev–Trinajstić information content (AvgIpc) is 2.77. The third-order valence-electron chi connectivity index (χ3n) is 5.32. The van der Waals surface area contributed by atoms with Crippen LogP contribution in [0, 0.1) is 58.1 Å². The van der Waals surface area contributed by atoms with E-state index in [0.717, 1.165) is 23.7 Å². The van der Waals surface area contributed by atoms with Gasteiger partial charge in [-0.05, 0) is 65.7 Å². The maximum absolute atomic E-state index is 13.2. The lowest BCUT2D eigenvalue weighted by Crippen LogP contribution is -2.29. The number of benzene rings is 2. The van der Waals surface area contributed by atoms with Crippen molar-refractivity contribution >= 4 is 8.07 Å². The van der Waals surface area contributed by atoms with Crippen molar-refractivity contribution in [3.05, 3.63) is 70.3 Å². The van der Waals surface area contributed by atoms with Crippen molar-refractivity contribution in [1.82, 2.24) is 0 Å². The van der Waals surface area contributed by atoms with E-state index in [2.05, 4.69) is 44.2 Å². The smallest absolute Gasteiger partial charge is 0.138 e. The topological polar surface area (TPSA) is 47.6 Å². The van der Waals surface area contributed by atoms with Crippen LogP contribution in [-0.4, -0.2) is 8.07 Å². The van der Waals surface area contributed by atoms with Gasteiger partial charge in [0.05, 0.1) is 25.0 Å². The maximum atomic E-state index is 13.2. The largest absolute Gasteiger partial charge is 0.207 e. The molecule has 0 aliphatic heterocycles. The number of rotatable bonds is 5. The van der Waals surface area contributed by atoms with Crippen molar-refractivity contribution in [3.63, 3.8) is 0 Å². The monoisotopic (exact) mass is 432 g/mol. The fourth-order valence-electron chi connectivity index (χ4n) is 3.07. The fraction of sp³-hybridized carbons (Fsp3) is 0.308. The Morgan fingerprint density at radius 2 is 1.26 bits per heavy atom. The summed E-state index contributed by atoms with van der Waals surface area (Å²) in [6.45, 7) is 6.61. The summed E-state index contributed by atoms with van der Waals surface area (Å²) in [6.07, 6.45) is 5.51. The van der Waals surface area contributed by atoms with Crippen molar-refractivity contribution in [1.29, 1.82) is 10.5 Å². The summed E-state index contributed by atoms with van der Waals surface area (Å²) < 4.78 is 25.8. The molecule has 5 heteroatoms. The second-order valence-electron chi connectivity index (χ2n) is 7.01. The maximum Gasteiger partial charge on any atom is 0.138 e. The van der Waals surface area contributed by atoms with Gasteiger partial charge in [0, 0.05) is 11.1 Å². The molecule has 158 valence electrons. The first-order valence-corrected chi connectivity index (χ1v) is 12.8. The summed E-state index contributed by atoms with van der Waals surface area (Å²) in [4.78, 5) is 0. The average molecular weight is 433 g/mol. The van der Waals surface area contributed by atoms with Gasteiger partial charge in [-0.2, -0.15) is 10.5 Å². The standard InChI is InChI=1S/C16H20FNSi.C10H6FN/c1-4-19(5-2,6-3)12-10-14-7-8-16(17)13-15(14)9-11-18;1-2-8-3-4-10(11)7-9(8)5-6-12/h7-8,13H,4-6,9H2,1-3H3;1,3-4,7H,5H2. The highest BCUT2D eigenvalue weighted by molar-refractivity contribution is 6.87. The highest BCUT2D eigenvalue weighted by Crippen LogP contribution is 2.19. The van der Waals surface area contributed by atoms with E-state index < -0.39 is 8.07 Å². The van der Waals surface area contributed by atoms with Crippen molar-refractivity contribution < 1.29 is 8.78 Å². The van der Waals surface area contributed by atoms with Crippen LogP contribution in [0.5, 0.6) is 0 Å². The van der Waals surface area contributed by atoms with Crippen LogP contribution in [0.4, 0.5) is 8.78 Å². The van der Waals surface area contributed by atoms with Gasteiger partial charge in [-0.3, -0.25) is 0 Å². The zero-order valence-electron chi connectivity index (χ0n) is 18.2. The Bertz CT molecular complexity index is 1060. The van der Waals surface area contributed by atoms with Crippen LogP contribution in [0.2, 0.25) is 18.1 Å². The SMILES string of the molecule is C#Cc1ccc(F)cc1CC#N.CC[Si](C#Cc1ccc(F)cc1CC#N)(CC)CC. The van der Waals surface area contributed by atoms with Crippen molar-refractivity contribution in [2.45, 2.75) is 51.7 Å². The Morgan fingerprint density at radius 1 is 0.806 bits per heavy atom. The number of hydrogen-bond acceptors (Lipinski definition) is 2. The number of terminal acetylenes is 1. The number of hydrogen-bond donors (Lipinski definition) is 0. The molecule has 0 radical (unpaired) electrons. The zero-order chi connectivity index (χ0) is 23.3. The molecule has 31 heavy (non-hydrogen) atoms. The third-order valence-corrected chi connectivity index (χ3v) is 10.0. The van der Waals surface area contributed by atoms with E-state index in [-0.39, 0.29) is 24.5 Å². The first-order valence-electron chi connectivity index (χ1n) is 10.2. The molecule has 0 atom stereocenters. The number of halogens is 2. The van der Waals surface area contributed by atoms with Crippen molar-refractivity contribution in [2.24, 2.45) is 0 Å². The molecule has 0 unspecified atom stereocenters. The molecule has 2 aromatic rings. The zero-order valence-corrected chi connectivity index (χ0v) is 19.2. The summed E-state index contributed by atoms with van der Waals surface area (Å²) >= 11 is 0. The molecule has 0 aliphatic rings. The molecule has 0 aliphatic carbocycles. The van der Waals surface area contributed by atoms with Gasteiger partial charge in [0.1, 0.15) is 19.7 Å². The van der Waals surface area contributed by atoms with Gasteiger partial charge >= 0.3 is 0 Å². The van der Waals surface area contributed by atoms with Crippen LogP contribution < -0.4 is 0 Å². The van der Waals surface area contributed by atoms with Gasteiger partial charge in [-0.25, -0.2) is 8.78 Å². The van der Waals surface area contributed by atoms with E-state index in [1.54, 1.807) is 6.07 Å². The van der Waals surface area contributed by atoms with Gasteiger partial charge in [0.2, 0.25) is 0 Å². The number of nitrogens with zero attached hydrogens (tertiary/aromatic N) is 2.